The van der Waals surface area contributed by atoms with Crippen LogP contribution in [0.2, 0.25) is 0 Å². The van der Waals surface area contributed by atoms with Gasteiger partial charge in [-0.2, -0.15) is 0 Å². The summed E-state index contributed by atoms with van der Waals surface area (Å²) in [6.45, 7) is 2.26. The van der Waals surface area contributed by atoms with Gasteiger partial charge in [0.15, 0.2) is 0 Å². The van der Waals surface area contributed by atoms with Gasteiger partial charge in [0.25, 0.3) is 0 Å². The van der Waals surface area contributed by atoms with Crippen LogP contribution in [-0.4, -0.2) is 14.0 Å². The molecule has 1 aliphatic carbocycles. The zero-order valence-electron chi connectivity index (χ0n) is 10.6. The molecule has 0 spiro atoms. The minimum atomic E-state index is -3.46. The molecule has 3 N–H and O–H groups in total. The Morgan fingerprint density at radius 3 is 2.50 bits per heavy atom. The topological polar surface area (TPSA) is 72.2 Å². The van der Waals surface area contributed by atoms with Crippen LogP contribution in [0.25, 0.3) is 0 Å². The Morgan fingerprint density at radius 1 is 1.33 bits per heavy atom. The first-order chi connectivity index (χ1) is 8.53. The molecule has 4 nitrogen and oxygen atoms in total. The molecule has 0 aliphatic heterocycles. The number of sulfonamides is 1. The van der Waals surface area contributed by atoms with Gasteiger partial charge in [0, 0.05) is 12.1 Å². The Hall–Kier alpha value is -0.910. The second-order valence-corrected chi connectivity index (χ2v) is 6.56. The number of hydrogen-bond donors (Lipinski definition) is 2. The number of nitrogens with one attached hydrogen (secondary N) is 1. The molecule has 5 heteroatoms. The zero-order chi connectivity index (χ0) is 13.2. The van der Waals surface area contributed by atoms with E-state index in [1.165, 1.54) is 0 Å². The average Bonchev–Trinajstić information content (AvgIpc) is 2.34. The van der Waals surface area contributed by atoms with Crippen molar-refractivity contribution in [3.63, 3.8) is 0 Å². The molecule has 0 heterocycles. The smallest absolute Gasteiger partial charge is 0.241 e. The first kappa shape index (κ1) is 13.5. The quantitative estimate of drug-likeness (QED) is 0.854. The Labute approximate surface area is 109 Å². The fraction of sp³-hybridized carbons (Fsp3) is 0.538. The second kappa shape index (κ2) is 4.99. The van der Waals surface area contributed by atoms with E-state index in [-0.39, 0.29) is 12.1 Å². The Kier molecular flexibility index (Phi) is 3.75. The molecular weight excluding hydrogens is 248 g/mol. The minimum absolute atomic E-state index is 0.232. The van der Waals surface area contributed by atoms with Gasteiger partial charge in [0.1, 0.15) is 0 Å². The van der Waals surface area contributed by atoms with Crippen molar-refractivity contribution in [2.45, 2.75) is 49.6 Å². The van der Waals surface area contributed by atoms with E-state index in [4.69, 9.17) is 5.73 Å². The highest BCUT2D eigenvalue weighted by Crippen LogP contribution is 2.36. The fourth-order valence-electron chi connectivity index (χ4n) is 2.41. The van der Waals surface area contributed by atoms with Gasteiger partial charge in [0.05, 0.1) is 4.90 Å². The van der Waals surface area contributed by atoms with Crippen LogP contribution in [0.15, 0.2) is 29.2 Å². The first-order valence-corrected chi connectivity index (χ1v) is 7.83. The lowest BCUT2D eigenvalue weighted by Gasteiger charge is -2.41. The molecule has 1 aromatic rings. The van der Waals surface area contributed by atoms with Crippen molar-refractivity contribution in [3.8, 4) is 0 Å². The van der Waals surface area contributed by atoms with Crippen molar-refractivity contribution in [1.29, 1.82) is 0 Å². The van der Waals surface area contributed by atoms with Gasteiger partial charge in [-0.25, -0.2) is 13.1 Å². The van der Waals surface area contributed by atoms with Crippen LogP contribution < -0.4 is 10.5 Å². The highest BCUT2D eigenvalue weighted by Gasteiger charge is 2.39. The SMILES string of the molecule is CCC1(NS(=O)(=O)c2ccccc2CN)CCC1. The van der Waals surface area contributed by atoms with Gasteiger partial charge >= 0.3 is 0 Å². The van der Waals surface area contributed by atoms with Crippen LogP contribution in [0.3, 0.4) is 0 Å². The maximum atomic E-state index is 12.4. The largest absolute Gasteiger partial charge is 0.326 e. The van der Waals surface area contributed by atoms with Crippen molar-refractivity contribution in [1.82, 2.24) is 4.72 Å². The fourth-order valence-corrected chi connectivity index (χ4v) is 4.19. The molecule has 0 saturated heterocycles. The summed E-state index contributed by atoms with van der Waals surface area (Å²) in [5.74, 6) is 0. The van der Waals surface area contributed by atoms with E-state index in [1.807, 2.05) is 6.92 Å². The summed E-state index contributed by atoms with van der Waals surface area (Å²) in [6.07, 6.45) is 3.77. The van der Waals surface area contributed by atoms with E-state index < -0.39 is 10.0 Å². The lowest BCUT2D eigenvalue weighted by molar-refractivity contribution is 0.214. The van der Waals surface area contributed by atoms with Gasteiger partial charge in [-0.15, -0.1) is 0 Å². The van der Waals surface area contributed by atoms with E-state index >= 15 is 0 Å². The summed E-state index contributed by atoms with van der Waals surface area (Å²) < 4.78 is 27.7. The molecule has 0 amide bonds. The highest BCUT2D eigenvalue weighted by molar-refractivity contribution is 7.89. The number of hydrogen-bond acceptors (Lipinski definition) is 3. The molecule has 0 unspecified atom stereocenters. The van der Waals surface area contributed by atoms with Crippen LogP contribution in [0.1, 0.15) is 38.2 Å². The summed E-state index contributed by atoms with van der Waals surface area (Å²) in [4.78, 5) is 0.312. The Balaban J connectivity index is 2.31. The van der Waals surface area contributed by atoms with Gasteiger partial charge in [-0.05, 0) is 37.3 Å². The summed E-state index contributed by atoms with van der Waals surface area (Å²) in [5.41, 5.74) is 6.02. The zero-order valence-corrected chi connectivity index (χ0v) is 11.5. The van der Waals surface area contributed by atoms with E-state index in [1.54, 1.807) is 24.3 Å². The first-order valence-electron chi connectivity index (χ1n) is 6.35. The van der Waals surface area contributed by atoms with E-state index in [0.717, 1.165) is 25.7 Å². The lowest BCUT2D eigenvalue weighted by atomic mass is 9.76. The monoisotopic (exact) mass is 268 g/mol. The number of nitrogens with two attached hydrogens (primary N) is 1. The maximum absolute atomic E-state index is 12.4. The maximum Gasteiger partial charge on any atom is 0.241 e. The van der Waals surface area contributed by atoms with E-state index in [9.17, 15) is 8.42 Å². The van der Waals surface area contributed by atoms with E-state index in [2.05, 4.69) is 4.72 Å². The molecule has 0 atom stereocenters. The van der Waals surface area contributed by atoms with Crippen molar-refractivity contribution >= 4 is 10.0 Å². The Bertz CT molecular complexity index is 516. The molecule has 1 aromatic carbocycles. The molecule has 100 valence electrons. The third-order valence-corrected chi connectivity index (χ3v) is 5.50. The van der Waals surface area contributed by atoms with Crippen molar-refractivity contribution in [2.24, 2.45) is 5.73 Å². The van der Waals surface area contributed by atoms with Crippen molar-refractivity contribution in [2.75, 3.05) is 0 Å². The minimum Gasteiger partial charge on any atom is -0.326 e. The second-order valence-electron chi connectivity index (χ2n) is 4.90. The van der Waals surface area contributed by atoms with Crippen LogP contribution >= 0.6 is 0 Å². The third kappa shape index (κ3) is 2.43. The molecule has 0 aromatic heterocycles. The molecule has 0 radical (unpaired) electrons. The van der Waals surface area contributed by atoms with Crippen LogP contribution in [-0.2, 0) is 16.6 Å². The lowest BCUT2D eigenvalue weighted by Crippen LogP contribution is -2.52. The highest BCUT2D eigenvalue weighted by atomic mass is 32.2. The molecule has 1 fully saturated rings. The molecule has 2 rings (SSSR count). The number of rotatable bonds is 5. The summed E-state index contributed by atoms with van der Waals surface area (Å²) >= 11 is 0. The van der Waals surface area contributed by atoms with Gasteiger partial charge in [-0.3, -0.25) is 0 Å². The van der Waals surface area contributed by atoms with Gasteiger partial charge in [0.2, 0.25) is 10.0 Å². The van der Waals surface area contributed by atoms with Crippen LogP contribution in [0.4, 0.5) is 0 Å². The Morgan fingerprint density at radius 2 is 2.00 bits per heavy atom. The normalized spacial score (nSPS) is 18.3. The molecular formula is C13H20N2O2S. The molecule has 0 bridgehead atoms. The molecule has 1 saturated carbocycles. The molecule has 18 heavy (non-hydrogen) atoms. The van der Waals surface area contributed by atoms with Gasteiger partial charge < -0.3 is 5.73 Å². The van der Waals surface area contributed by atoms with Crippen molar-refractivity contribution < 1.29 is 8.42 Å². The predicted molar refractivity (Wildman–Crippen MR) is 71.5 cm³/mol. The summed E-state index contributed by atoms with van der Waals surface area (Å²) in [7, 11) is -3.46. The van der Waals surface area contributed by atoms with E-state index in [0.29, 0.717) is 10.5 Å². The molecule has 1 aliphatic rings. The summed E-state index contributed by atoms with van der Waals surface area (Å²) in [5, 5.41) is 0. The van der Waals surface area contributed by atoms with Crippen molar-refractivity contribution in [3.05, 3.63) is 29.8 Å². The third-order valence-electron chi connectivity index (χ3n) is 3.82. The predicted octanol–water partition coefficient (Wildman–Crippen LogP) is 1.76. The summed E-state index contributed by atoms with van der Waals surface area (Å²) in [6, 6.07) is 6.91. The van der Waals surface area contributed by atoms with Gasteiger partial charge in [-0.1, -0.05) is 25.1 Å². The standard InChI is InChI=1S/C13H20N2O2S/c1-2-13(8-5-9-13)15-18(16,17)12-7-4-3-6-11(12)10-14/h3-4,6-7,15H,2,5,8-10,14H2,1H3. The number of benzene rings is 1. The average molecular weight is 268 g/mol. The van der Waals surface area contributed by atoms with Crippen LogP contribution in [0, 0.1) is 0 Å². The van der Waals surface area contributed by atoms with Crippen LogP contribution in [0.5, 0.6) is 0 Å².